The number of rotatable bonds is 5. The fourth-order valence-corrected chi connectivity index (χ4v) is 2.66. The first-order valence-corrected chi connectivity index (χ1v) is 6.90. The molecule has 0 radical (unpaired) electrons. The van der Waals surface area contributed by atoms with Crippen LogP contribution in [0.2, 0.25) is 0 Å². The number of carbonyl (C=O) groups is 1. The number of halogens is 2. The van der Waals surface area contributed by atoms with Crippen LogP contribution in [0.1, 0.15) is 38.5 Å². The first-order valence-electron chi connectivity index (χ1n) is 6.90. The molecule has 114 valence electrons. The van der Waals surface area contributed by atoms with Crippen LogP contribution in [0, 0.1) is 5.92 Å². The van der Waals surface area contributed by atoms with Gasteiger partial charge in [0.15, 0.2) is 0 Å². The summed E-state index contributed by atoms with van der Waals surface area (Å²) < 4.78 is 0. The number of carbonyl (C=O) groups excluding carboxylic acids is 1. The van der Waals surface area contributed by atoms with Gasteiger partial charge in [-0.25, -0.2) is 0 Å². The van der Waals surface area contributed by atoms with Crippen molar-refractivity contribution >= 4 is 30.7 Å². The van der Waals surface area contributed by atoms with E-state index in [1.54, 1.807) is 0 Å². The number of amides is 1. The molecule has 2 aliphatic rings. The predicted molar refractivity (Wildman–Crippen MR) is 83.1 cm³/mol. The van der Waals surface area contributed by atoms with Gasteiger partial charge in [0.2, 0.25) is 5.91 Å². The summed E-state index contributed by atoms with van der Waals surface area (Å²) in [5.41, 5.74) is 5.90. The third-order valence-corrected chi connectivity index (χ3v) is 4.02. The molecule has 0 spiro atoms. The molecule has 0 bridgehead atoms. The minimum absolute atomic E-state index is 0. The molecule has 2 fully saturated rings. The van der Waals surface area contributed by atoms with E-state index in [1.165, 1.54) is 12.8 Å². The van der Waals surface area contributed by atoms with Crippen LogP contribution in [0.15, 0.2) is 0 Å². The van der Waals surface area contributed by atoms with Crippen LogP contribution in [0.25, 0.3) is 0 Å². The smallest absolute Gasteiger partial charge is 0.223 e. The van der Waals surface area contributed by atoms with E-state index >= 15 is 0 Å². The summed E-state index contributed by atoms with van der Waals surface area (Å²) in [5, 5.41) is 3.05. The Bertz CT molecular complexity index is 275. The van der Waals surface area contributed by atoms with Crippen molar-refractivity contribution in [3.8, 4) is 0 Å². The van der Waals surface area contributed by atoms with E-state index < -0.39 is 0 Å². The molecule has 19 heavy (non-hydrogen) atoms. The molecule has 4 nitrogen and oxygen atoms in total. The van der Waals surface area contributed by atoms with Gasteiger partial charge in [0.25, 0.3) is 0 Å². The lowest BCUT2D eigenvalue weighted by atomic mass is 9.85. The van der Waals surface area contributed by atoms with Gasteiger partial charge in [-0.1, -0.05) is 6.42 Å². The number of nitrogens with two attached hydrogens (primary N) is 1. The van der Waals surface area contributed by atoms with E-state index in [4.69, 9.17) is 5.73 Å². The molecule has 0 aliphatic heterocycles. The Balaban J connectivity index is 0.00000162. The van der Waals surface area contributed by atoms with E-state index in [1.807, 2.05) is 0 Å². The first kappa shape index (κ1) is 19.0. The van der Waals surface area contributed by atoms with Gasteiger partial charge in [-0.2, -0.15) is 0 Å². The Morgan fingerprint density at radius 2 is 1.95 bits per heavy atom. The zero-order chi connectivity index (χ0) is 12.3. The van der Waals surface area contributed by atoms with Crippen LogP contribution >= 0.6 is 24.8 Å². The van der Waals surface area contributed by atoms with Crippen LogP contribution < -0.4 is 11.1 Å². The van der Waals surface area contributed by atoms with Crippen molar-refractivity contribution in [2.24, 2.45) is 11.7 Å². The molecule has 6 heteroatoms. The van der Waals surface area contributed by atoms with Crippen LogP contribution in [0.4, 0.5) is 0 Å². The minimum atomic E-state index is 0. The summed E-state index contributed by atoms with van der Waals surface area (Å²) >= 11 is 0. The molecular weight excluding hydrogens is 285 g/mol. The van der Waals surface area contributed by atoms with Crippen LogP contribution in [0.5, 0.6) is 0 Å². The van der Waals surface area contributed by atoms with Crippen LogP contribution in [-0.4, -0.2) is 43.0 Å². The number of likely N-dealkylation sites (N-methyl/N-ethyl adjacent to an activating group) is 1. The Morgan fingerprint density at radius 1 is 1.26 bits per heavy atom. The Kier molecular flexibility index (Phi) is 8.99. The number of nitrogens with one attached hydrogen (secondary N) is 1. The summed E-state index contributed by atoms with van der Waals surface area (Å²) in [6.07, 6.45) is 6.70. The number of nitrogens with zero attached hydrogens (tertiary/aromatic N) is 1. The standard InChI is InChI=1S/C13H25N3O.2ClH/c1-16(12-5-6-12)8-7-15-13(17)10-3-2-4-11(14)9-10;;/h10-12H,2-9,14H2,1H3,(H,15,17);2*1H. The molecule has 1 amide bonds. The highest BCUT2D eigenvalue weighted by molar-refractivity contribution is 5.85. The molecule has 0 heterocycles. The van der Waals surface area contributed by atoms with Gasteiger partial charge in [0.1, 0.15) is 0 Å². The fourth-order valence-electron chi connectivity index (χ4n) is 2.66. The summed E-state index contributed by atoms with van der Waals surface area (Å²) in [6, 6.07) is 1.00. The quantitative estimate of drug-likeness (QED) is 0.810. The molecule has 2 rings (SSSR count). The summed E-state index contributed by atoms with van der Waals surface area (Å²) in [4.78, 5) is 14.3. The van der Waals surface area contributed by atoms with Gasteiger partial charge in [0, 0.05) is 31.1 Å². The molecule has 2 aliphatic carbocycles. The molecule has 2 unspecified atom stereocenters. The van der Waals surface area contributed by atoms with Crippen molar-refractivity contribution in [2.75, 3.05) is 20.1 Å². The molecule has 0 aromatic rings. The fraction of sp³-hybridized carbons (Fsp3) is 0.923. The van der Waals surface area contributed by atoms with Gasteiger partial charge in [0.05, 0.1) is 0 Å². The Hall–Kier alpha value is -0.0300. The van der Waals surface area contributed by atoms with Crippen LogP contribution in [-0.2, 0) is 4.79 Å². The van der Waals surface area contributed by atoms with E-state index in [0.29, 0.717) is 0 Å². The second kappa shape index (κ2) is 9.01. The van der Waals surface area contributed by atoms with E-state index in [-0.39, 0.29) is 42.7 Å². The second-order valence-corrected chi connectivity index (χ2v) is 5.63. The third-order valence-electron chi connectivity index (χ3n) is 4.02. The Labute approximate surface area is 128 Å². The van der Waals surface area contributed by atoms with Crippen molar-refractivity contribution < 1.29 is 4.79 Å². The van der Waals surface area contributed by atoms with Crippen LogP contribution in [0.3, 0.4) is 0 Å². The first-order chi connectivity index (χ1) is 8.16. The van der Waals surface area contributed by atoms with Crippen molar-refractivity contribution in [3.05, 3.63) is 0 Å². The normalized spacial score (nSPS) is 26.3. The zero-order valence-corrected chi connectivity index (χ0v) is 13.3. The maximum atomic E-state index is 11.9. The molecule has 0 aromatic carbocycles. The lowest BCUT2D eigenvalue weighted by Gasteiger charge is -2.26. The number of hydrogen-bond acceptors (Lipinski definition) is 3. The van der Waals surface area contributed by atoms with Crippen molar-refractivity contribution in [3.63, 3.8) is 0 Å². The largest absolute Gasteiger partial charge is 0.355 e. The number of hydrogen-bond donors (Lipinski definition) is 2. The van der Waals surface area contributed by atoms with E-state index in [9.17, 15) is 4.79 Å². The molecular formula is C13H27Cl2N3O. The van der Waals surface area contributed by atoms with Crippen molar-refractivity contribution in [1.29, 1.82) is 0 Å². The van der Waals surface area contributed by atoms with Gasteiger partial charge in [-0.3, -0.25) is 4.79 Å². The highest BCUT2D eigenvalue weighted by Crippen LogP contribution is 2.25. The van der Waals surface area contributed by atoms with Gasteiger partial charge in [-0.05, 0) is 39.2 Å². The maximum Gasteiger partial charge on any atom is 0.223 e. The third kappa shape index (κ3) is 6.30. The maximum absolute atomic E-state index is 11.9. The average Bonchev–Trinajstić information content (AvgIpc) is 3.12. The molecule has 0 saturated heterocycles. The summed E-state index contributed by atoms with van der Waals surface area (Å²) in [6.45, 7) is 1.74. The van der Waals surface area contributed by atoms with Gasteiger partial charge >= 0.3 is 0 Å². The lowest BCUT2D eigenvalue weighted by molar-refractivity contribution is -0.126. The molecule has 3 N–H and O–H groups in total. The second-order valence-electron chi connectivity index (χ2n) is 5.63. The molecule has 2 atom stereocenters. The predicted octanol–water partition coefficient (Wildman–Crippen LogP) is 1.56. The lowest BCUT2D eigenvalue weighted by Crippen LogP contribution is -2.40. The zero-order valence-electron chi connectivity index (χ0n) is 11.6. The van der Waals surface area contributed by atoms with Crippen molar-refractivity contribution in [1.82, 2.24) is 10.2 Å². The average molecular weight is 312 g/mol. The van der Waals surface area contributed by atoms with Crippen molar-refractivity contribution in [2.45, 2.75) is 50.6 Å². The highest BCUT2D eigenvalue weighted by Gasteiger charge is 2.27. The Morgan fingerprint density at radius 3 is 2.53 bits per heavy atom. The monoisotopic (exact) mass is 311 g/mol. The topological polar surface area (TPSA) is 58.4 Å². The van der Waals surface area contributed by atoms with Gasteiger partial charge in [-0.15, -0.1) is 24.8 Å². The van der Waals surface area contributed by atoms with E-state index in [2.05, 4.69) is 17.3 Å². The highest BCUT2D eigenvalue weighted by atomic mass is 35.5. The SMILES string of the molecule is CN(CCNC(=O)C1CCCC(N)C1)C1CC1.Cl.Cl. The molecule has 2 saturated carbocycles. The minimum Gasteiger partial charge on any atom is -0.355 e. The van der Waals surface area contributed by atoms with E-state index in [0.717, 1.165) is 44.8 Å². The van der Waals surface area contributed by atoms with Gasteiger partial charge < -0.3 is 16.0 Å². The molecule has 0 aromatic heterocycles. The summed E-state index contributed by atoms with van der Waals surface area (Å²) in [5.74, 6) is 0.370. The summed E-state index contributed by atoms with van der Waals surface area (Å²) in [7, 11) is 2.14.